The van der Waals surface area contributed by atoms with Gasteiger partial charge in [-0.1, -0.05) is 0 Å². The average Bonchev–Trinajstić information content (AvgIpc) is 2.47. The van der Waals surface area contributed by atoms with Gasteiger partial charge in [0.05, 0.1) is 5.56 Å². The molecule has 0 bridgehead atoms. The zero-order chi connectivity index (χ0) is 9.42. The highest BCUT2D eigenvalue weighted by molar-refractivity contribution is 7.14. The lowest BCUT2D eigenvalue weighted by Crippen LogP contribution is -2.31. The Kier molecular flexibility index (Phi) is 1.78. The number of hydrogen-bond donors (Lipinski definition) is 3. The fourth-order valence-electron chi connectivity index (χ4n) is 1.11. The van der Waals surface area contributed by atoms with E-state index in [1.54, 1.807) is 11.4 Å². The van der Waals surface area contributed by atoms with Gasteiger partial charge in [-0.25, -0.2) is 5.06 Å². The van der Waals surface area contributed by atoms with E-state index in [1.807, 2.05) is 0 Å². The molecule has 0 radical (unpaired) electrons. The Morgan fingerprint density at radius 3 is 3.23 bits per heavy atom. The minimum Gasteiger partial charge on any atom is -0.315 e. The van der Waals surface area contributed by atoms with Gasteiger partial charge in [0, 0.05) is 0 Å². The molecule has 0 aromatic carbocycles. The van der Waals surface area contributed by atoms with Crippen LogP contribution in [-0.4, -0.2) is 28.6 Å². The largest absolute Gasteiger partial charge is 0.315 e. The summed E-state index contributed by atoms with van der Waals surface area (Å²) in [5, 5.41) is 22.4. The molecular formula is C7H7N3O2S. The molecule has 3 N–H and O–H groups in total. The lowest BCUT2D eigenvalue weighted by atomic mass is 10.3. The normalized spacial score (nSPS) is 16.5. The number of hydrogen-bond acceptors (Lipinski definition) is 4. The number of anilines is 1. The monoisotopic (exact) mass is 197 g/mol. The van der Waals surface area contributed by atoms with Gasteiger partial charge in [0.1, 0.15) is 11.5 Å². The number of nitrogens with zero attached hydrogens (tertiary/aromatic N) is 1. The fraction of sp³-hybridized carbons (Fsp3) is 0.143. The molecule has 0 aliphatic carbocycles. The SMILES string of the molecule is N=C1c2ccsc2NC(=O)CN1O. The van der Waals surface area contributed by atoms with E-state index in [9.17, 15) is 10.0 Å². The molecule has 0 spiro atoms. The number of hydroxylamine groups is 2. The average molecular weight is 197 g/mol. The molecule has 5 nitrogen and oxygen atoms in total. The molecule has 0 unspecified atom stereocenters. The predicted octanol–water partition coefficient (Wildman–Crippen LogP) is 0.717. The first kappa shape index (κ1) is 8.21. The second-order valence-electron chi connectivity index (χ2n) is 2.62. The molecule has 0 saturated carbocycles. The van der Waals surface area contributed by atoms with Crippen LogP contribution >= 0.6 is 11.3 Å². The second-order valence-corrected chi connectivity index (χ2v) is 3.53. The molecule has 1 aromatic heterocycles. The summed E-state index contributed by atoms with van der Waals surface area (Å²) in [6.07, 6.45) is 0. The van der Waals surface area contributed by atoms with Crippen LogP contribution in [0.5, 0.6) is 0 Å². The van der Waals surface area contributed by atoms with Crippen molar-refractivity contribution in [1.82, 2.24) is 5.06 Å². The first-order valence-electron chi connectivity index (χ1n) is 3.61. The van der Waals surface area contributed by atoms with Gasteiger partial charge in [-0.2, -0.15) is 0 Å². The molecule has 2 heterocycles. The van der Waals surface area contributed by atoms with Gasteiger partial charge < -0.3 is 5.32 Å². The number of carbonyl (C=O) groups excluding carboxylic acids is 1. The zero-order valence-electron chi connectivity index (χ0n) is 6.57. The summed E-state index contributed by atoms with van der Waals surface area (Å²) in [5.74, 6) is -0.358. The lowest BCUT2D eigenvalue weighted by molar-refractivity contribution is -0.122. The van der Waals surface area contributed by atoms with Crippen LogP contribution in [0.3, 0.4) is 0 Å². The summed E-state index contributed by atoms with van der Waals surface area (Å²) in [5.41, 5.74) is 0.554. The number of carbonyl (C=O) groups is 1. The maximum absolute atomic E-state index is 11.1. The number of nitrogens with one attached hydrogen (secondary N) is 2. The molecule has 1 aromatic rings. The van der Waals surface area contributed by atoms with Crippen molar-refractivity contribution < 1.29 is 10.0 Å². The Labute approximate surface area is 78.1 Å². The van der Waals surface area contributed by atoms with Crippen molar-refractivity contribution in [1.29, 1.82) is 5.41 Å². The molecule has 0 saturated heterocycles. The van der Waals surface area contributed by atoms with Gasteiger partial charge in [0.15, 0.2) is 5.84 Å². The summed E-state index contributed by atoms with van der Waals surface area (Å²) in [7, 11) is 0. The van der Waals surface area contributed by atoms with Gasteiger partial charge in [0.25, 0.3) is 0 Å². The van der Waals surface area contributed by atoms with Crippen LogP contribution in [0, 0.1) is 5.41 Å². The smallest absolute Gasteiger partial charge is 0.247 e. The Hall–Kier alpha value is -1.40. The highest BCUT2D eigenvalue weighted by Gasteiger charge is 2.22. The van der Waals surface area contributed by atoms with Crippen molar-refractivity contribution in [3.63, 3.8) is 0 Å². The van der Waals surface area contributed by atoms with Gasteiger partial charge in [-0.15, -0.1) is 11.3 Å². The van der Waals surface area contributed by atoms with Crippen molar-refractivity contribution in [2.75, 3.05) is 11.9 Å². The summed E-state index contributed by atoms with van der Waals surface area (Å²) < 4.78 is 0. The van der Waals surface area contributed by atoms with Crippen LogP contribution in [0.15, 0.2) is 11.4 Å². The summed E-state index contributed by atoms with van der Waals surface area (Å²) in [6, 6.07) is 1.69. The van der Waals surface area contributed by atoms with E-state index in [2.05, 4.69) is 5.32 Å². The maximum atomic E-state index is 11.1. The van der Waals surface area contributed by atoms with Gasteiger partial charge in [0.2, 0.25) is 5.91 Å². The van der Waals surface area contributed by atoms with Gasteiger partial charge in [-0.05, 0) is 11.4 Å². The number of amidine groups is 1. The molecular weight excluding hydrogens is 190 g/mol. The maximum Gasteiger partial charge on any atom is 0.247 e. The van der Waals surface area contributed by atoms with Gasteiger partial charge >= 0.3 is 0 Å². The standard InChI is InChI=1S/C7H7N3O2S/c8-6-4-1-2-13-7(4)9-5(11)3-10(6)12/h1-2,8,12H,3H2,(H,9,11). The molecule has 1 aliphatic heterocycles. The van der Waals surface area contributed by atoms with Crippen LogP contribution in [0.25, 0.3) is 0 Å². The van der Waals surface area contributed by atoms with E-state index in [-0.39, 0.29) is 18.3 Å². The number of amides is 1. The van der Waals surface area contributed by atoms with Crippen molar-refractivity contribution in [3.05, 3.63) is 17.0 Å². The Balaban J connectivity index is 2.47. The van der Waals surface area contributed by atoms with Gasteiger partial charge in [-0.3, -0.25) is 15.4 Å². The Morgan fingerprint density at radius 1 is 1.69 bits per heavy atom. The van der Waals surface area contributed by atoms with E-state index < -0.39 is 0 Å². The Bertz CT molecular complexity index is 374. The minimum absolute atomic E-state index is 0.0467. The minimum atomic E-state index is -0.312. The van der Waals surface area contributed by atoms with E-state index in [1.165, 1.54) is 11.3 Å². The lowest BCUT2D eigenvalue weighted by Gasteiger charge is -2.11. The first-order valence-corrected chi connectivity index (χ1v) is 4.49. The molecule has 2 rings (SSSR count). The predicted molar refractivity (Wildman–Crippen MR) is 48.3 cm³/mol. The Morgan fingerprint density at radius 2 is 2.46 bits per heavy atom. The molecule has 1 amide bonds. The summed E-state index contributed by atoms with van der Waals surface area (Å²) in [4.78, 5) is 11.1. The first-order chi connectivity index (χ1) is 6.18. The number of fused-ring (bicyclic) bond motifs is 1. The fourth-order valence-corrected chi connectivity index (χ4v) is 1.92. The highest BCUT2D eigenvalue weighted by atomic mass is 32.1. The van der Waals surface area contributed by atoms with Crippen LogP contribution in [0.1, 0.15) is 5.56 Å². The van der Waals surface area contributed by atoms with E-state index in [0.717, 1.165) is 0 Å². The molecule has 0 fully saturated rings. The highest BCUT2D eigenvalue weighted by Crippen LogP contribution is 2.25. The van der Waals surface area contributed by atoms with E-state index >= 15 is 0 Å². The van der Waals surface area contributed by atoms with Crippen LogP contribution < -0.4 is 5.32 Å². The molecule has 68 valence electrons. The third-order valence-corrected chi connectivity index (χ3v) is 2.55. The third kappa shape index (κ3) is 1.30. The van der Waals surface area contributed by atoms with Crippen LogP contribution in [-0.2, 0) is 4.79 Å². The molecule has 6 heteroatoms. The topological polar surface area (TPSA) is 76.4 Å². The number of rotatable bonds is 0. The number of thiophene rings is 1. The van der Waals surface area contributed by atoms with Crippen molar-refractivity contribution in [3.8, 4) is 0 Å². The second kappa shape index (κ2) is 2.82. The third-order valence-electron chi connectivity index (χ3n) is 1.72. The van der Waals surface area contributed by atoms with Crippen molar-refractivity contribution in [2.45, 2.75) is 0 Å². The summed E-state index contributed by atoms with van der Waals surface area (Å²) in [6.45, 7) is -0.194. The van der Waals surface area contributed by atoms with Crippen LogP contribution in [0.2, 0.25) is 0 Å². The molecule has 13 heavy (non-hydrogen) atoms. The van der Waals surface area contributed by atoms with Crippen molar-refractivity contribution >= 4 is 28.1 Å². The van der Waals surface area contributed by atoms with E-state index in [4.69, 9.17) is 5.41 Å². The van der Waals surface area contributed by atoms with Crippen LogP contribution in [0.4, 0.5) is 5.00 Å². The molecule has 0 atom stereocenters. The summed E-state index contributed by atoms with van der Waals surface area (Å²) >= 11 is 1.34. The van der Waals surface area contributed by atoms with Crippen molar-refractivity contribution in [2.24, 2.45) is 0 Å². The quantitative estimate of drug-likeness (QED) is 0.573. The van der Waals surface area contributed by atoms with E-state index in [0.29, 0.717) is 15.6 Å². The molecule has 1 aliphatic rings. The zero-order valence-corrected chi connectivity index (χ0v) is 7.39.